The fourth-order valence-electron chi connectivity index (χ4n) is 1.45. The molecule has 0 atom stereocenters. The van der Waals surface area contributed by atoms with Gasteiger partial charge in [-0.05, 0) is 28.1 Å². The van der Waals surface area contributed by atoms with Crippen LogP contribution in [0.5, 0.6) is 0 Å². The van der Waals surface area contributed by atoms with Crippen molar-refractivity contribution in [2.24, 2.45) is 5.73 Å². The van der Waals surface area contributed by atoms with E-state index in [9.17, 15) is 13.6 Å². The van der Waals surface area contributed by atoms with Crippen LogP contribution in [0.2, 0.25) is 0 Å². The molecule has 1 aromatic heterocycles. The first-order valence-electron chi connectivity index (χ1n) is 4.44. The molecule has 84 valence electrons. The Labute approximate surface area is 97.4 Å². The van der Waals surface area contributed by atoms with Crippen LogP contribution in [-0.4, -0.2) is 4.98 Å². The molecule has 0 radical (unpaired) electrons. The second kappa shape index (κ2) is 3.95. The highest BCUT2D eigenvalue weighted by atomic mass is 79.9. The van der Waals surface area contributed by atoms with Gasteiger partial charge in [-0.15, -0.1) is 0 Å². The van der Waals surface area contributed by atoms with Gasteiger partial charge in [0.25, 0.3) is 5.56 Å². The van der Waals surface area contributed by atoms with Crippen molar-refractivity contribution in [3.05, 3.63) is 44.2 Å². The van der Waals surface area contributed by atoms with E-state index in [4.69, 9.17) is 5.73 Å². The number of nitrogens with two attached hydrogens (primary N) is 1. The Hall–Kier alpha value is -1.27. The Balaban J connectivity index is 2.92. The molecule has 0 aliphatic heterocycles. The van der Waals surface area contributed by atoms with Crippen LogP contribution in [0.4, 0.5) is 8.78 Å². The molecule has 0 unspecified atom stereocenters. The number of hydrogen-bond acceptors (Lipinski definition) is 2. The number of H-pyrrole nitrogens is 1. The number of hydrogen-bond donors (Lipinski definition) is 2. The minimum atomic E-state index is -0.763. The fraction of sp³-hybridized carbons (Fsp3) is 0.100. The quantitative estimate of drug-likeness (QED) is 0.789. The number of aromatic amines is 1. The molecule has 0 aliphatic carbocycles. The third-order valence-corrected chi connectivity index (χ3v) is 3.01. The van der Waals surface area contributed by atoms with Gasteiger partial charge in [0.05, 0.1) is 9.99 Å². The van der Waals surface area contributed by atoms with Crippen LogP contribution in [0.1, 0.15) is 5.56 Å². The van der Waals surface area contributed by atoms with Crippen molar-refractivity contribution in [2.45, 2.75) is 6.54 Å². The van der Waals surface area contributed by atoms with Gasteiger partial charge in [-0.3, -0.25) is 4.79 Å². The summed E-state index contributed by atoms with van der Waals surface area (Å²) in [7, 11) is 0. The summed E-state index contributed by atoms with van der Waals surface area (Å²) in [5.41, 5.74) is 5.26. The monoisotopic (exact) mass is 288 g/mol. The van der Waals surface area contributed by atoms with Crippen molar-refractivity contribution in [1.82, 2.24) is 4.98 Å². The Morgan fingerprint density at radius 2 is 2.06 bits per heavy atom. The SMILES string of the molecule is NCc1cc2c(F)c(Br)c(F)cc2[nH]c1=O. The molecule has 2 rings (SSSR count). The van der Waals surface area contributed by atoms with E-state index in [1.807, 2.05) is 0 Å². The van der Waals surface area contributed by atoms with Crippen molar-refractivity contribution in [2.75, 3.05) is 0 Å². The Morgan fingerprint density at radius 3 is 2.69 bits per heavy atom. The van der Waals surface area contributed by atoms with Gasteiger partial charge in [0, 0.05) is 17.5 Å². The zero-order valence-corrected chi connectivity index (χ0v) is 9.57. The van der Waals surface area contributed by atoms with E-state index >= 15 is 0 Å². The predicted octanol–water partition coefficient (Wildman–Crippen LogP) is 2.03. The molecule has 1 heterocycles. The Kier molecular flexibility index (Phi) is 2.77. The molecule has 16 heavy (non-hydrogen) atoms. The Morgan fingerprint density at radius 1 is 1.38 bits per heavy atom. The topological polar surface area (TPSA) is 58.9 Å². The van der Waals surface area contributed by atoms with E-state index < -0.39 is 17.2 Å². The van der Waals surface area contributed by atoms with Crippen LogP contribution < -0.4 is 11.3 Å². The lowest BCUT2D eigenvalue weighted by molar-refractivity contribution is 0.580. The van der Waals surface area contributed by atoms with Crippen molar-refractivity contribution in [3.8, 4) is 0 Å². The second-order valence-electron chi connectivity index (χ2n) is 3.28. The van der Waals surface area contributed by atoms with E-state index in [1.165, 1.54) is 6.07 Å². The van der Waals surface area contributed by atoms with Crippen LogP contribution >= 0.6 is 15.9 Å². The van der Waals surface area contributed by atoms with Gasteiger partial charge in [0.15, 0.2) is 0 Å². The lowest BCUT2D eigenvalue weighted by Gasteiger charge is -2.04. The number of nitrogens with one attached hydrogen (secondary N) is 1. The summed E-state index contributed by atoms with van der Waals surface area (Å²) >= 11 is 2.79. The van der Waals surface area contributed by atoms with Gasteiger partial charge in [0.2, 0.25) is 0 Å². The maximum Gasteiger partial charge on any atom is 0.252 e. The normalized spacial score (nSPS) is 11.0. The van der Waals surface area contributed by atoms with Crippen molar-refractivity contribution < 1.29 is 8.78 Å². The van der Waals surface area contributed by atoms with Crippen molar-refractivity contribution in [1.29, 1.82) is 0 Å². The maximum atomic E-state index is 13.7. The number of rotatable bonds is 1. The van der Waals surface area contributed by atoms with Gasteiger partial charge < -0.3 is 10.7 Å². The third-order valence-electron chi connectivity index (χ3n) is 2.28. The van der Waals surface area contributed by atoms with E-state index in [-0.39, 0.29) is 27.5 Å². The molecular formula is C10H7BrF2N2O. The van der Waals surface area contributed by atoms with Gasteiger partial charge in [-0.2, -0.15) is 0 Å². The molecular weight excluding hydrogens is 282 g/mol. The van der Waals surface area contributed by atoms with Gasteiger partial charge in [-0.1, -0.05) is 0 Å². The second-order valence-corrected chi connectivity index (χ2v) is 4.07. The van der Waals surface area contributed by atoms with Crippen LogP contribution in [-0.2, 0) is 6.54 Å². The molecule has 3 N–H and O–H groups in total. The van der Waals surface area contributed by atoms with Gasteiger partial charge >= 0.3 is 0 Å². The highest BCUT2D eigenvalue weighted by Gasteiger charge is 2.13. The van der Waals surface area contributed by atoms with Crippen molar-refractivity contribution in [3.63, 3.8) is 0 Å². The summed E-state index contributed by atoms with van der Waals surface area (Å²) in [6.45, 7) is -0.000289. The zero-order valence-electron chi connectivity index (χ0n) is 7.98. The summed E-state index contributed by atoms with van der Waals surface area (Å²) in [5.74, 6) is -1.51. The van der Waals surface area contributed by atoms with Crippen LogP contribution in [0.25, 0.3) is 10.9 Å². The highest BCUT2D eigenvalue weighted by Crippen LogP contribution is 2.26. The first-order chi connectivity index (χ1) is 7.54. The number of benzene rings is 1. The molecule has 0 saturated carbocycles. The average molecular weight is 289 g/mol. The smallest absolute Gasteiger partial charge is 0.252 e. The summed E-state index contributed by atoms with van der Waals surface area (Å²) in [5, 5.41) is 0.133. The van der Waals surface area contributed by atoms with Gasteiger partial charge in [-0.25, -0.2) is 8.78 Å². The summed E-state index contributed by atoms with van der Waals surface area (Å²) < 4.78 is 26.6. The van der Waals surface area contributed by atoms with Crippen LogP contribution in [0.3, 0.4) is 0 Å². The number of halogens is 3. The summed E-state index contributed by atoms with van der Waals surface area (Å²) in [6, 6.07) is 2.39. The summed E-state index contributed by atoms with van der Waals surface area (Å²) in [6.07, 6.45) is 0. The van der Waals surface area contributed by atoms with E-state index in [0.29, 0.717) is 0 Å². The lowest BCUT2D eigenvalue weighted by atomic mass is 10.1. The van der Waals surface area contributed by atoms with E-state index in [1.54, 1.807) is 0 Å². The molecule has 1 aromatic carbocycles. The highest BCUT2D eigenvalue weighted by molar-refractivity contribution is 9.10. The minimum absolute atomic E-state index is 0.000289. The number of pyridine rings is 1. The fourth-order valence-corrected chi connectivity index (χ4v) is 1.78. The number of aromatic nitrogens is 1. The van der Waals surface area contributed by atoms with Crippen LogP contribution in [0, 0.1) is 11.6 Å². The Bertz CT molecular complexity index is 624. The molecule has 2 aromatic rings. The molecule has 0 spiro atoms. The van der Waals surface area contributed by atoms with Crippen molar-refractivity contribution >= 4 is 26.8 Å². The minimum Gasteiger partial charge on any atom is -0.326 e. The van der Waals surface area contributed by atoms with Gasteiger partial charge in [0.1, 0.15) is 11.6 Å². The van der Waals surface area contributed by atoms with E-state index in [2.05, 4.69) is 20.9 Å². The lowest BCUT2D eigenvalue weighted by Crippen LogP contribution is -2.16. The average Bonchev–Trinajstić information content (AvgIpc) is 2.26. The summed E-state index contributed by atoms with van der Waals surface area (Å²) in [4.78, 5) is 13.8. The largest absolute Gasteiger partial charge is 0.326 e. The van der Waals surface area contributed by atoms with Crippen LogP contribution in [0.15, 0.2) is 21.4 Å². The zero-order chi connectivity index (χ0) is 11.9. The molecule has 0 amide bonds. The van der Waals surface area contributed by atoms with E-state index in [0.717, 1.165) is 6.07 Å². The molecule has 0 bridgehead atoms. The predicted molar refractivity (Wildman–Crippen MR) is 60.1 cm³/mol. The molecule has 0 aliphatic rings. The first kappa shape index (κ1) is 11.2. The molecule has 3 nitrogen and oxygen atoms in total. The number of fused-ring (bicyclic) bond motifs is 1. The first-order valence-corrected chi connectivity index (χ1v) is 5.23. The maximum absolute atomic E-state index is 13.7. The molecule has 0 fully saturated rings. The standard InChI is InChI=1S/C10H7BrF2N2O/c11-8-6(12)2-7-5(9(8)13)1-4(3-14)10(16)15-7/h1-2H,3,14H2,(H,15,16). The molecule has 6 heteroatoms. The third kappa shape index (κ3) is 1.64. The molecule has 0 saturated heterocycles.